The minimum Gasteiger partial charge on any atom is -0.463 e. The van der Waals surface area contributed by atoms with Crippen LogP contribution in [0, 0.1) is 0 Å². The molecule has 0 aliphatic carbocycles. The van der Waals surface area contributed by atoms with Gasteiger partial charge in [-0.25, -0.2) is 9.59 Å². The first-order chi connectivity index (χ1) is 10.2. The van der Waals surface area contributed by atoms with E-state index in [-0.39, 0.29) is 6.61 Å². The monoisotopic (exact) mass is 289 g/mol. The van der Waals surface area contributed by atoms with Gasteiger partial charge in [-0.2, -0.15) is 0 Å². The summed E-state index contributed by atoms with van der Waals surface area (Å²) < 4.78 is 9.82. The van der Waals surface area contributed by atoms with Gasteiger partial charge in [-0.3, -0.25) is 5.32 Å². The van der Waals surface area contributed by atoms with Crippen molar-refractivity contribution in [1.82, 2.24) is 5.32 Å². The van der Waals surface area contributed by atoms with Crippen LogP contribution in [0.4, 0.5) is 4.79 Å². The van der Waals surface area contributed by atoms with Crippen molar-refractivity contribution in [2.45, 2.75) is 20.5 Å². The number of hydrogen-bond donors (Lipinski definition) is 1. The molecule has 1 aromatic carbocycles. The molecule has 1 N–H and O–H groups in total. The predicted octanol–water partition coefficient (Wildman–Crippen LogP) is 2.94. The van der Waals surface area contributed by atoms with Gasteiger partial charge in [-0.05, 0) is 25.5 Å². The lowest BCUT2D eigenvalue weighted by molar-refractivity contribution is -0.137. The Hall–Kier alpha value is -2.56. The third-order valence-corrected chi connectivity index (χ3v) is 2.46. The molecule has 1 aromatic rings. The molecule has 21 heavy (non-hydrogen) atoms. The first-order valence-corrected chi connectivity index (χ1v) is 6.64. The summed E-state index contributed by atoms with van der Waals surface area (Å²) in [6.07, 6.45) is 3.78. The molecule has 5 nitrogen and oxygen atoms in total. The molecule has 0 bridgehead atoms. The highest BCUT2D eigenvalue weighted by Gasteiger charge is 2.04. The highest BCUT2D eigenvalue weighted by molar-refractivity contribution is 5.82. The lowest BCUT2D eigenvalue weighted by atomic mass is 10.2. The smallest absolute Gasteiger partial charge is 0.411 e. The highest BCUT2D eigenvalue weighted by atomic mass is 16.5. The zero-order valence-corrected chi connectivity index (χ0v) is 12.2. The van der Waals surface area contributed by atoms with Crippen molar-refractivity contribution < 1.29 is 19.1 Å². The molecule has 0 aromatic heterocycles. The highest BCUT2D eigenvalue weighted by Crippen LogP contribution is 2.01. The average molecular weight is 289 g/mol. The summed E-state index contributed by atoms with van der Waals surface area (Å²) in [5.41, 5.74) is 1.36. The van der Waals surface area contributed by atoms with Crippen LogP contribution in [0.25, 0.3) is 0 Å². The third-order valence-electron chi connectivity index (χ3n) is 2.46. The number of rotatable bonds is 6. The molecule has 0 radical (unpaired) electrons. The molecule has 5 heteroatoms. The van der Waals surface area contributed by atoms with Crippen LogP contribution < -0.4 is 5.32 Å². The standard InChI is InChI=1S/C16H19NO4/c1-3-14(10-11-15(18)20-4-2)17-16(19)21-12-13-8-6-5-7-9-13/h3,5-11H,4,12H2,1-2H3,(H,17,19)/b11-10+,14-3-. The second-order valence-corrected chi connectivity index (χ2v) is 4.02. The van der Waals surface area contributed by atoms with Crippen molar-refractivity contribution in [2.75, 3.05) is 6.61 Å². The fourth-order valence-electron chi connectivity index (χ4n) is 1.44. The first-order valence-electron chi connectivity index (χ1n) is 6.64. The van der Waals surface area contributed by atoms with E-state index in [9.17, 15) is 9.59 Å². The lowest BCUT2D eigenvalue weighted by Crippen LogP contribution is -2.22. The minimum atomic E-state index is -0.583. The summed E-state index contributed by atoms with van der Waals surface area (Å²) in [5.74, 6) is -0.462. The fourth-order valence-corrected chi connectivity index (χ4v) is 1.44. The van der Waals surface area contributed by atoms with Crippen molar-refractivity contribution >= 4 is 12.1 Å². The largest absolute Gasteiger partial charge is 0.463 e. The van der Waals surface area contributed by atoms with Crippen molar-refractivity contribution in [3.63, 3.8) is 0 Å². The van der Waals surface area contributed by atoms with Gasteiger partial charge >= 0.3 is 12.1 Å². The van der Waals surface area contributed by atoms with Crippen LogP contribution in [0.5, 0.6) is 0 Å². The van der Waals surface area contributed by atoms with E-state index in [2.05, 4.69) is 5.32 Å². The normalized spacial score (nSPS) is 11.2. The molecule has 0 saturated heterocycles. The number of benzene rings is 1. The summed E-state index contributed by atoms with van der Waals surface area (Å²) in [6.45, 7) is 3.95. The summed E-state index contributed by atoms with van der Waals surface area (Å²) in [4.78, 5) is 22.8. The van der Waals surface area contributed by atoms with Crippen LogP contribution in [0.1, 0.15) is 19.4 Å². The Morgan fingerprint density at radius 2 is 1.86 bits per heavy atom. The molecule has 0 heterocycles. The third kappa shape index (κ3) is 6.96. The number of ether oxygens (including phenoxy) is 2. The first kappa shape index (κ1) is 16.5. The van der Waals surface area contributed by atoms with E-state index in [1.807, 2.05) is 30.3 Å². The van der Waals surface area contributed by atoms with E-state index in [1.54, 1.807) is 19.9 Å². The quantitative estimate of drug-likeness (QED) is 0.497. The topological polar surface area (TPSA) is 64.6 Å². The molecule has 0 saturated carbocycles. The van der Waals surface area contributed by atoms with Crippen molar-refractivity contribution in [1.29, 1.82) is 0 Å². The summed E-state index contributed by atoms with van der Waals surface area (Å²) in [6, 6.07) is 9.36. The maximum Gasteiger partial charge on any atom is 0.411 e. The molecule has 112 valence electrons. The van der Waals surface area contributed by atoms with E-state index < -0.39 is 12.1 Å². The maximum absolute atomic E-state index is 11.6. The summed E-state index contributed by atoms with van der Waals surface area (Å²) in [5, 5.41) is 2.54. The molecule has 0 atom stereocenters. The van der Waals surface area contributed by atoms with E-state index in [4.69, 9.17) is 9.47 Å². The summed E-state index contributed by atoms with van der Waals surface area (Å²) in [7, 11) is 0. The van der Waals surface area contributed by atoms with E-state index in [0.29, 0.717) is 12.3 Å². The van der Waals surface area contributed by atoms with E-state index >= 15 is 0 Å². The van der Waals surface area contributed by atoms with Crippen LogP contribution in [-0.2, 0) is 20.9 Å². The maximum atomic E-state index is 11.6. The number of alkyl carbamates (subject to hydrolysis) is 1. The second kappa shape index (κ2) is 9.36. The Morgan fingerprint density at radius 3 is 2.48 bits per heavy atom. The van der Waals surface area contributed by atoms with Gasteiger partial charge in [-0.15, -0.1) is 0 Å². The molecule has 0 unspecified atom stereocenters. The van der Waals surface area contributed by atoms with Crippen molar-refractivity contribution in [2.24, 2.45) is 0 Å². The van der Waals surface area contributed by atoms with Gasteiger partial charge in [0.25, 0.3) is 0 Å². The van der Waals surface area contributed by atoms with Gasteiger partial charge in [0.2, 0.25) is 0 Å². The lowest BCUT2D eigenvalue weighted by Gasteiger charge is -2.07. The molecular weight excluding hydrogens is 270 g/mol. The number of nitrogens with one attached hydrogen (secondary N) is 1. The van der Waals surface area contributed by atoms with Crippen molar-refractivity contribution in [3.05, 3.63) is 59.8 Å². The van der Waals surface area contributed by atoms with Crippen LogP contribution in [0.2, 0.25) is 0 Å². The molecule has 0 spiro atoms. The number of esters is 1. The number of carbonyl (C=O) groups excluding carboxylic acids is 2. The molecule has 0 aliphatic rings. The van der Waals surface area contributed by atoms with E-state index in [0.717, 1.165) is 5.56 Å². The number of allylic oxidation sites excluding steroid dienone is 2. The second-order valence-electron chi connectivity index (χ2n) is 4.02. The van der Waals surface area contributed by atoms with Crippen LogP contribution in [-0.4, -0.2) is 18.7 Å². The number of hydrogen-bond acceptors (Lipinski definition) is 4. The number of carbonyl (C=O) groups is 2. The van der Waals surface area contributed by atoms with Gasteiger partial charge in [0, 0.05) is 11.8 Å². The van der Waals surface area contributed by atoms with Crippen molar-refractivity contribution in [3.8, 4) is 0 Å². The Kier molecular flexibility index (Phi) is 7.35. The van der Waals surface area contributed by atoms with Crippen LogP contribution in [0.3, 0.4) is 0 Å². The SMILES string of the molecule is C/C=C(/C=C/C(=O)OCC)NC(=O)OCc1ccccc1. The predicted molar refractivity (Wildman–Crippen MR) is 79.3 cm³/mol. The van der Waals surface area contributed by atoms with Gasteiger partial charge in [0.1, 0.15) is 6.61 Å². The molecule has 0 fully saturated rings. The zero-order chi connectivity index (χ0) is 15.5. The Balaban J connectivity index is 2.43. The molecule has 0 aliphatic heterocycles. The fraction of sp³-hybridized carbons (Fsp3) is 0.250. The Labute approximate surface area is 124 Å². The van der Waals surface area contributed by atoms with Gasteiger partial charge in [0.05, 0.1) is 6.61 Å². The molecule has 1 rings (SSSR count). The van der Waals surface area contributed by atoms with Gasteiger partial charge < -0.3 is 9.47 Å². The molecule has 1 amide bonds. The zero-order valence-electron chi connectivity index (χ0n) is 12.2. The number of amides is 1. The average Bonchev–Trinajstić information content (AvgIpc) is 2.50. The molecular formula is C16H19NO4. The van der Waals surface area contributed by atoms with Gasteiger partial charge in [0.15, 0.2) is 0 Å². The Bertz CT molecular complexity index is 520. The van der Waals surface area contributed by atoms with Crippen LogP contribution >= 0.6 is 0 Å². The summed E-state index contributed by atoms with van der Waals surface area (Å²) >= 11 is 0. The Morgan fingerprint density at radius 1 is 1.14 bits per heavy atom. The van der Waals surface area contributed by atoms with E-state index in [1.165, 1.54) is 12.2 Å². The van der Waals surface area contributed by atoms with Crippen LogP contribution in [0.15, 0.2) is 54.3 Å². The minimum absolute atomic E-state index is 0.186. The van der Waals surface area contributed by atoms with Gasteiger partial charge in [-0.1, -0.05) is 36.4 Å².